The molecule has 0 bridgehead atoms. The summed E-state index contributed by atoms with van der Waals surface area (Å²) in [5.41, 5.74) is -4.15. The third-order valence-corrected chi connectivity index (χ3v) is 8.96. The van der Waals surface area contributed by atoms with Crippen molar-refractivity contribution in [2.45, 2.75) is 69.3 Å². The molecular weight excluding hydrogens is 697 g/mol. The molecule has 0 radical (unpaired) electrons. The van der Waals surface area contributed by atoms with Crippen LogP contribution in [-0.2, 0) is 25.1 Å². The molecule has 4 aromatic rings. The number of ether oxygens (including phenoxy) is 1. The zero-order chi connectivity index (χ0) is 37.7. The van der Waals surface area contributed by atoms with Crippen molar-refractivity contribution in [2.24, 2.45) is 0 Å². The van der Waals surface area contributed by atoms with Crippen LogP contribution < -0.4 is 10.1 Å². The van der Waals surface area contributed by atoms with E-state index >= 15 is 0 Å². The van der Waals surface area contributed by atoms with Crippen LogP contribution in [0.1, 0.15) is 69.7 Å². The van der Waals surface area contributed by atoms with Crippen LogP contribution in [0.4, 0.5) is 39.5 Å². The molecule has 0 saturated heterocycles. The third-order valence-electron chi connectivity index (χ3n) is 8.96. The maximum atomic E-state index is 13.8. The largest absolute Gasteiger partial charge is 0.481 e. The van der Waals surface area contributed by atoms with Crippen molar-refractivity contribution in [1.29, 1.82) is 0 Å². The van der Waals surface area contributed by atoms with Gasteiger partial charge in [0.05, 0.1) is 35.6 Å². The van der Waals surface area contributed by atoms with E-state index in [2.05, 4.69) is 15.3 Å². The number of hydrogen-bond acceptors (Lipinski definition) is 6. The lowest BCUT2D eigenvalue weighted by atomic mass is 9.87. The molecule has 1 aliphatic rings. The van der Waals surface area contributed by atoms with Crippen molar-refractivity contribution in [1.82, 2.24) is 15.3 Å². The smallest absolute Gasteiger partial charge is 0.433 e. The second kappa shape index (κ2) is 13.5. The molecule has 0 aliphatic heterocycles. The molecule has 2 aromatic carbocycles. The predicted molar refractivity (Wildman–Crippen MR) is 166 cm³/mol. The van der Waals surface area contributed by atoms with Gasteiger partial charge in [-0.2, -0.15) is 39.5 Å². The molecule has 0 spiro atoms. The Balaban J connectivity index is 1.51. The average Bonchev–Trinajstić information content (AvgIpc) is 3.86. The Morgan fingerprint density at radius 2 is 1.49 bits per heavy atom. The number of carboxylic acids is 1. The van der Waals surface area contributed by atoms with Gasteiger partial charge in [0.1, 0.15) is 5.69 Å². The SMILES string of the molecule is COc1ncc(-c2ccc(C(=O)O)cc2C)cc1-c1ccc(C(F)(F)F)nc1CNC1(C(O)C(C)c2cc(C(F)(F)F)cc(C(F)(F)F)c2)CC1. The molecule has 3 N–H and O–H groups in total. The van der Waals surface area contributed by atoms with Gasteiger partial charge in [-0.3, -0.25) is 0 Å². The molecule has 2 heterocycles. The molecule has 51 heavy (non-hydrogen) atoms. The molecule has 1 saturated carbocycles. The summed E-state index contributed by atoms with van der Waals surface area (Å²) in [6.07, 6.45) is -14.7. The Bertz CT molecular complexity index is 1920. The number of aryl methyl sites for hydroxylation is 1. The second-order valence-corrected chi connectivity index (χ2v) is 12.4. The number of halogens is 9. The first-order valence-electron chi connectivity index (χ1n) is 15.3. The van der Waals surface area contributed by atoms with Crippen molar-refractivity contribution in [3.05, 3.63) is 100.0 Å². The number of methoxy groups -OCH3 is 1. The van der Waals surface area contributed by atoms with Gasteiger partial charge < -0.3 is 20.3 Å². The number of carbonyl (C=O) groups is 1. The van der Waals surface area contributed by atoms with Gasteiger partial charge in [-0.25, -0.2) is 14.8 Å². The fourth-order valence-corrected chi connectivity index (χ4v) is 5.99. The Morgan fingerprint density at radius 1 is 0.882 bits per heavy atom. The normalized spacial score (nSPS) is 15.7. The van der Waals surface area contributed by atoms with Crippen molar-refractivity contribution in [3.63, 3.8) is 0 Å². The summed E-state index contributed by atoms with van der Waals surface area (Å²) < 4.78 is 128. The maximum absolute atomic E-state index is 13.8. The Morgan fingerprint density at radius 3 is 2.00 bits per heavy atom. The van der Waals surface area contributed by atoms with Crippen LogP contribution >= 0.6 is 0 Å². The monoisotopic (exact) mass is 727 g/mol. The number of pyridine rings is 2. The van der Waals surface area contributed by atoms with Crippen molar-refractivity contribution in [3.8, 4) is 28.1 Å². The number of aliphatic hydroxyl groups is 1. The fourth-order valence-electron chi connectivity index (χ4n) is 5.99. The summed E-state index contributed by atoms with van der Waals surface area (Å²) >= 11 is 0. The van der Waals surface area contributed by atoms with Gasteiger partial charge in [0, 0.05) is 40.9 Å². The Hall–Kier alpha value is -4.70. The Labute approximate surface area is 285 Å². The minimum atomic E-state index is -5.10. The molecule has 272 valence electrons. The summed E-state index contributed by atoms with van der Waals surface area (Å²) in [6, 6.07) is 8.95. The molecule has 2 atom stereocenters. The minimum absolute atomic E-state index is 0.0148. The first-order valence-corrected chi connectivity index (χ1v) is 15.3. The fraction of sp³-hybridized carbons (Fsp3) is 0.343. The number of rotatable bonds is 10. The second-order valence-electron chi connectivity index (χ2n) is 12.4. The first kappa shape index (κ1) is 37.6. The molecule has 1 aliphatic carbocycles. The highest BCUT2D eigenvalue weighted by Crippen LogP contribution is 2.46. The molecule has 5 rings (SSSR count). The van der Waals surface area contributed by atoms with Gasteiger partial charge in [0.15, 0.2) is 0 Å². The summed E-state index contributed by atoms with van der Waals surface area (Å²) in [5.74, 6) is -2.38. The number of hydrogen-bond donors (Lipinski definition) is 3. The predicted octanol–water partition coefficient (Wildman–Crippen LogP) is 8.67. The molecule has 1 fully saturated rings. The van der Waals surface area contributed by atoms with E-state index in [4.69, 9.17) is 4.74 Å². The minimum Gasteiger partial charge on any atom is -0.481 e. The molecular formula is C35H30F9N3O4. The van der Waals surface area contributed by atoms with Crippen molar-refractivity contribution >= 4 is 5.97 Å². The number of aromatic nitrogens is 2. The van der Waals surface area contributed by atoms with Gasteiger partial charge in [0.25, 0.3) is 0 Å². The summed E-state index contributed by atoms with van der Waals surface area (Å²) in [6.45, 7) is 2.54. The van der Waals surface area contributed by atoms with E-state index in [1.54, 1.807) is 19.1 Å². The number of carboxylic acid groups (broad SMARTS) is 1. The molecule has 2 aromatic heterocycles. The van der Waals surface area contributed by atoms with E-state index in [9.17, 15) is 54.5 Å². The van der Waals surface area contributed by atoms with Gasteiger partial charge in [-0.05, 0) is 78.9 Å². The van der Waals surface area contributed by atoms with Crippen LogP contribution in [-0.4, -0.2) is 44.9 Å². The molecule has 0 amide bonds. The topological polar surface area (TPSA) is 105 Å². The van der Waals surface area contributed by atoms with Gasteiger partial charge in [-0.1, -0.05) is 19.1 Å². The molecule has 2 unspecified atom stereocenters. The average molecular weight is 728 g/mol. The van der Waals surface area contributed by atoms with Crippen LogP contribution in [0.25, 0.3) is 22.3 Å². The first-order chi connectivity index (χ1) is 23.6. The summed E-state index contributed by atoms with van der Waals surface area (Å²) in [4.78, 5) is 19.6. The third kappa shape index (κ3) is 7.96. The molecule has 16 heteroatoms. The highest BCUT2D eigenvalue weighted by atomic mass is 19.4. The highest BCUT2D eigenvalue weighted by Gasteiger charge is 2.51. The summed E-state index contributed by atoms with van der Waals surface area (Å²) in [7, 11) is 1.29. The van der Waals surface area contributed by atoms with Gasteiger partial charge >= 0.3 is 24.5 Å². The van der Waals surface area contributed by atoms with Gasteiger partial charge in [-0.15, -0.1) is 0 Å². The standard InChI is InChI=1S/C35H30F9N3O4/c1-17-10-19(31(49)50)4-5-24(17)21-13-26(30(51-3)45-15-21)25-6-7-28(35(42,43)44)47-27(25)16-46-32(8-9-32)29(48)18(2)20-11-22(33(36,37)38)14-23(12-20)34(39,40)41/h4-7,10-15,18,29,46,48H,8-9,16H2,1-3H3,(H,49,50). The van der Waals surface area contributed by atoms with E-state index in [1.807, 2.05) is 0 Å². The number of alkyl halides is 9. The highest BCUT2D eigenvalue weighted by molar-refractivity contribution is 5.89. The number of aliphatic hydroxyl groups excluding tert-OH is 1. The van der Waals surface area contributed by atoms with Crippen molar-refractivity contribution in [2.75, 3.05) is 7.11 Å². The number of aromatic carboxylic acids is 1. The van der Waals surface area contributed by atoms with Crippen LogP contribution in [0, 0.1) is 6.92 Å². The van der Waals surface area contributed by atoms with E-state index in [-0.39, 0.29) is 47.2 Å². The van der Waals surface area contributed by atoms with E-state index in [0.717, 1.165) is 12.1 Å². The zero-order valence-corrected chi connectivity index (χ0v) is 27.1. The van der Waals surface area contributed by atoms with E-state index < -0.39 is 71.0 Å². The van der Waals surface area contributed by atoms with Crippen molar-refractivity contribution < 1.29 is 59.3 Å². The van der Waals surface area contributed by atoms with Gasteiger partial charge in [0.2, 0.25) is 5.88 Å². The van der Waals surface area contributed by atoms with Crippen LogP contribution in [0.5, 0.6) is 5.88 Å². The number of nitrogens with one attached hydrogen (secondary N) is 1. The Kier molecular flexibility index (Phi) is 9.90. The maximum Gasteiger partial charge on any atom is 0.433 e. The lowest BCUT2D eigenvalue weighted by molar-refractivity contribution is -0.143. The number of benzene rings is 2. The quantitative estimate of drug-likeness (QED) is 0.141. The lowest BCUT2D eigenvalue weighted by Gasteiger charge is -2.30. The lowest BCUT2D eigenvalue weighted by Crippen LogP contribution is -2.45. The molecule has 7 nitrogen and oxygen atoms in total. The van der Waals surface area contributed by atoms with Crippen LogP contribution in [0.15, 0.2) is 60.8 Å². The zero-order valence-electron chi connectivity index (χ0n) is 27.1. The van der Waals surface area contributed by atoms with E-state index in [0.29, 0.717) is 28.8 Å². The number of nitrogens with zero attached hydrogens (tertiary/aromatic N) is 2. The summed E-state index contributed by atoms with van der Waals surface area (Å²) in [5, 5.41) is 23.7. The van der Waals surface area contributed by atoms with E-state index in [1.165, 1.54) is 32.4 Å². The van der Waals surface area contributed by atoms with Crippen LogP contribution in [0.2, 0.25) is 0 Å². The van der Waals surface area contributed by atoms with Crippen LogP contribution in [0.3, 0.4) is 0 Å².